The summed E-state index contributed by atoms with van der Waals surface area (Å²) in [4.78, 5) is 4.34. The molecule has 0 amide bonds. The van der Waals surface area contributed by atoms with Gasteiger partial charge in [0.05, 0.1) is 5.52 Å². The van der Waals surface area contributed by atoms with Crippen LogP contribution >= 0.6 is 0 Å². The van der Waals surface area contributed by atoms with Crippen molar-refractivity contribution in [2.45, 2.75) is 6.92 Å². The fraction of sp³-hybridized carbons (Fsp3) is 0.0833. The Morgan fingerprint density at radius 1 is 1.23 bits per heavy atom. The minimum absolute atomic E-state index is 1.04. The maximum Gasteiger partial charge on any atom is 0.0776 e. The molecule has 0 atom stereocenters. The van der Waals surface area contributed by atoms with Gasteiger partial charge >= 0.3 is 0 Å². The van der Waals surface area contributed by atoms with Crippen molar-refractivity contribution in [3.63, 3.8) is 0 Å². The van der Waals surface area contributed by atoms with Crippen molar-refractivity contribution in [3.8, 4) is 0 Å². The predicted octanol–water partition coefficient (Wildman–Crippen LogP) is 3.27. The number of rotatable bonds is 1. The van der Waals surface area contributed by atoms with Crippen molar-refractivity contribution in [3.05, 3.63) is 48.7 Å². The molecule has 13 heavy (non-hydrogen) atoms. The van der Waals surface area contributed by atoms with Gasteiger partial charge in [-0.25, -0.2) is 0 Å². The van der Waals surface area contributed by atoms with E-state index in [1.807, 2.05) is 25.3 Å². The molecule has 1 nitrogen and oxygen atoms in total. The molecule has 1 aromatic carbocycles. The van der Waals surface area contributed by atoms with Crippen molar-refractivity contribution in [1.29, 1.82) is 0 Å². The summed E-state index contributed by atoms with van der Waals surface area (Å²) in [7, 11) is 0. The summed E-state index contributed by atoms with van der Waals surface area (Å²) in [6, 6.07) is 10.2. The smallest absolute Gasteiger partial charge is 0.0776 e. The van der Waals surface area contributed by atoms with E-state index in [4.69, 9.17) is 0 Å². The summed E-state index contributed by atoms with van der Waals surface area (Å²) in [6.07, 6.45) is 1.81. The highest BCUT2D eigenvalue weighted by atomic mass is 14.6. The van der Waals surface area contributed by atoms with Crippen LogP contribution in [-0.4, -0.2) is 4.98 Å². The topological polar surface area (TPSA) is 12.9 Å². The van der Waals surface area contributed by atoms with Gasteiger partial charge in [-0.2, -0.15) is 0 Å². The average molecular weight is 169 g/mol. The number of hydrogen-bond donors (Lipinski definition) is 0. The molecule has 1 heterocycles. The van der Waals surface area contributed by atoms with E-state index in [1.54, 1.807) is 0 Å². The molecule has 0 aliphatic carbocycles. The van der Waals surface area contributed by atoms with Crippen LogP contribution in [0.1, 0.15) is 12.5 Å². The molecule has 2 aromatic rings. The zero-order chi connectivity index (χ0) is 9.26. The number of pyridine rings is 1. The average Bonchev–Trinajstić information content (AvgIpc) is 2.17. The van der Waals surface area contributed by atoms with Gasteiger partial charge in [0.2, 0.25) is 0 Å². The summed E-state index contributed by atoms with van der Waals surface area (Å²) < 4.78 is 0. The number of para-hydroxylation sites is 1. The molecule has 0 aliphatic heterocycles. The molecule has 0 aliphatic rings. The van der Waals surface area contributed by atoms with Gasteiger partial charge in [-0.1, -0.05) is 30.8 Å². The molecule has 0 spiro atoms. The molecule has 1 aromatic heterocycles. The quantitative estimate of drug-likeness (QED) is 0.638. The van der Waals surface area contributed by atoms with Crippen LogP contribution in [0.2, 0.25) is 0 Å². The van der Waals surface area contributed by atoms with E-state index in [-0.39, 0.29) is 0 Å². The Labute approximate surface area is 77.7 Å². The lowest BCUT2D eigenvalue weighted by molar-refractivity contribution is 1.40. The van der Waals surface area contributed by atoms with Gasteiger partial charge in [0.25, 0.3) is 0 Å². The van der Waals surface area contributed by atoms with E-state index in [1.165, 1.54) is 5.39 Å². The van der Waals surface area contributed by atoms with Crippen molar-refractivity contribution in [2.24, 2.45) is 0 Å². The number of nitrogens with zero attached hydrogens (tertiary/aromatic N) is 1. The first-order chi connectivity index (χ1) is 6.29. The van der Waals surface area contributed by atoms with Crippen LogP contribution in [0.4, 0.5) is 0 Å². The zero-order valence-electron chi connectivity index (χ0n) is 7.62. The number of benzene rings is 1. The summed E-state index contributed by atoms with van der Waals surface area (Å²) in [5, 5.41) is 1.17. The molecule has 0 bridgehead atoms. The Bertz CT molecular complexity index is 452. The monoisotopic (exact) mass is 169 g/mol. The third-order valence-corrected chi connectivity index (χ3v) is 2.09. The highest BCUT2D eigenvalue weighted by Crippen LogP contribution is 2.21. The second kappa shape index (κ2) is 3.02. The summed E-state index contributed by atoms with van der Waals surface area (Å²) >= 11 is 0. The predicted molar refractivity (Wildman–Crippen MR) is 56.5 cm³/mol. The molecule has 0 unspecified atom stereocenters. The van der Waals surface area contributed by atoms with Crippen molar-refractivity contribution >= 4 is 16.5 Å². The standard InChI is InChI=1S/C12H11N/c1-9(2)11-7-3-5-10-6-4-8-13-12(10)11/h3-8H,1H2,2H3. The van der Waals surface area contributed by atoms with Crippen molar-refractivity contribution < 1.29 is 0 Å². The van der Waals surface area contributed by atoms with Crippen LogP contribution in [0.15, 0.2) is 43.1 Å². The van der Waals surface area contributed by atoms with E-state index in [9.17, 15) is 0 Å². The number of fused-ring (bicyclic) bond motifs is 1. The molecule has 0 fully saturated rings. The molecule has 0 saturated heterocycles. The van der Waals surface area contributed by atoms with Crippen LogP contribution in [0.25, 0.3) is 16.5 Å². The highest BCUT2D eigenvalue weighted by Gasteiger charge is 2.00. The van der Waals surface area contributed by atoms with E-state index >= 15 is 0 Å². The van der Waals surface area contributed by atoms with Crippen molar-refractivity contribution in [1.82, 2.24) is 4.98 Å². The summed E-state index contributed by atoms with van der Waals surface area (Å²) in [5.41, 5.74) is 3.24. The third kappa shape index (κ3) is 1.33. The van der Waals surface area contributed by atoms with Gasteiger partial charge in [-0.05, 0) is 18.6 Å². The molecule has 64 valence electrons. The van der Waals surface area contributed by atoms with Crippen LogP contribution in [-0.2, 0) is 0 Å². The molecular formula is C12H11N. The van der Waals surface area contributed by atoms with Crippen LogP contribution in [0.5, 0.6) is 0 Å². The molecule has 2 rings (SSSR count). The van der Waals surface area contributed by atoms with Gasteiger partial charge in [-0.15, -0.1) is 0 Å². The first-order valence-corrected chi connectivity index (χ1v) is 4.28. The fourth-order valence-electron chi connectivity index (χ4n) is 1.45. The Morgan fingerprint density at radius 2 is 2.00 bits per heavy atom. The summed E-state index contributed by atoms with van der Waals surface area (Å²) in [6.45, 7) is 5.94. The largest absolute Gasteiger partial charge is 0.256 e. The van der Waals surface area contributed by atoms with Crippen molar-refractivity contribution in [2.75, 3.05) is 0 Å². The Morgan fingerprint density at radius 3 is 2.77 bits per heavy atom. The SMILES string of the molecule is C=C(C)c1cccc2cccnc12. The van der Waals surface area contributed by atoms with Gasteiger partial charge in [-0.3, -0.25) is 4.98 Å². The van der Waals surface area contributed by atoms with Gasteiger partial charge < -0.3 is 0 Å². The maximum absolute atomic E-state index is 4.34. The number of aromatic nitrogens is 1. The number of hydrogen-bond acceptors (Lipinski definition) is 1. The first-order valence-electron chi connectivity index (χ1n) is 4.28. The second-order valence-corrected chi connectivity index (χ2v) is 3.16. The molecule has 1 heteroatoms. The van der Waals surface area contributed by atoms with Gasteiger partial charge in [0.1, 0.15) is 0 Å². The zero-order valence-corrected chi connectivity index (χ0v) is 7.62. The Kier molecular flexibility index (Phi) is 1.85. The molecule has 0 radical (unpaired) electrons. The first kappa shape index (κ1) is 7.99. The second-order valence-electron chi connectivity index (χ2n) is 3.16. The highest BCUT2D eigenvalue weighted by molar-refractivity contribution is 5.89. The minimum Gasteiger partial charge on any atom is -0.256 e. The van der Waals surface area contributed by atoms with Crippen LogP contribution < -0.4 is 0 Å². The fourth-order valence-corrected chi connectivity index (χ4v) is 1.45. The minimum atomic E-state index is 1.04. The lowest BCUT2D eigenvalue weighted by Crippen LogP contribution is -1.84. The Balaban J connectivity index is 2.83. The molecule has 0 N–H and O–H groups in total. The van der Waals surface area contributed by atoms with Crippen LogP contribution in [0.3, 0.4) is 0 Å². The lowest BCUT2D eigenvalue weighted by Gasteiger charge is -2.03. The van der Waals surface area contributed by atoms with E-state index in [0.717, 1.165) is 16.7 Å². The summed E-state index contributed by atoms with van der Waals surface area (Å²) in [5.74, 6) is 0. The van der Waals surface area contributed by atoms with Gasteiger partial charge in [0.15, 0.2) is 0 Å². The molecule has 0 saturated carbocycles. The van der Waals surface area contributed by atoms with Gasteiger partial charge in [0, 0.05) is 17.1 Å². The molecular weight excluding hydrogens is 158 g/mol. The maximum atomic E-state index is 4.34. The van der Waals surface area contributed by atoms with Crippen LogP contribution in [0, 0.1) is 0 Å². The Hall–Kier alpha value is -1.63. The normalized spacial score (nSPS) is 10.2. The lowest BCUT2D eigenvalue weighted by atomic mass is 10.1. The van der Waals surface area contributed by atoms with E-state index in [0.29, 0.717) is 0 Å². The van der Waals surface area contributed by atoms with E-state index in [2.05, 4.69) is 29.8 Å². The third-order valence-electron chi connectivity index (χ3n) is 2.09. The van der Waals surface area contributed by atoms with E-state index < -0.39 is 0 Å². The number of allylic oxidation sites excluding steroid dienone is 1.